The summed E-state index contributed by atoms with van der Waals surface area (Å²) >= 11 is 0. The predicted molar refractivity (Wildman–Crippen MR) is 129 cm³/mol. The molecular formula is C29H39BrN2. The lowest BCUT2D eigenvalue weighted by Gasteiger charge is -2.48. The van der Waals surface area contributed by atoms with Gasteiger partial charge >= 0.3 is 0 Å². The molecule has 0 N–H and O–H groups in total. The molecule has 2 atom stereocenters. The van der Waals surface area contributed by atoms with Crippen LogP contribution in [0, 0.1) is 17.2 Å². The summed E-state index contributed by atoms with van der Waals surface area (Å²) in [5.41, 5.74) is 1.76. The molecular weight excluding hydrogens is 456 g/mol. The summed E-state index contributed by atoms with van der Waals surface area (Å²) in [6.45, 7) is 3.65. The summed E-state index contributed by atoms with van der Waals surface area (Å²) in [4.78, 5) is 0. The van der Waals surface area contributed by atoms with Crippen LogP contribution < -0.4 is 17.0 Å². The summed E-state index contributed by atoms with van der Waals surface area (Å²) in [5, 5.41) is 10.6. The second-order valence-corrected chi connectivity index (χ2v) is 10.3. The molecule has 2 nitrogen and oxygen atoms in total. The molecule has 172 valence electrons. The van der Waals surface area contributed by atoms with Gasteiger partial charge < -0.3 is 21.5 Å². The SMILES string of the molecule is CCCCCC[N+]1(C)C2CCC1CC(CC(C#N)(c1ccccc1)c1ccccc1)C2.[Br-]. The van der Waals surface area contributed by atoms with E-state index >= 15 is 0 Å². The number of quaternary nitrogens is 1. The van der Waals surface area contributed by atoms with E-state index in [2.05, 4.69) is 80.7 Å². The van der Waals surface area contributed by atoms with E-state index in [1.54, 1.807) is 0 Å². The molecule has 2 bridgehead atoms. The normalized spacial score (nSPS) is 26.8. The molecule has 4 rings (SSSR count). The van der Waals surface area contributed by atoms with Crippen LogP contribution in [-0.4, -0.2) is 30.2 Å². The Balaban J connectivity index is 0.00000289. The quantitative estimate of drug-likeness (QED) is 0.383. The van der Waals surface area contributed by atoms with Crippen LogP contribution in [0.2, 0.25) is 0 Å². The Labute approximate surface area is 206 Å². The standard InChI is InChI=1S/C29H39N2.BrH/c1-3-4-5-12-19-31(2)27-17-18-28(31)21-24(20-27)22-29(23-30,25-13-8-6-9-14-25)26-15-10-7-11-16-26;/h6-11,13-16,24,27-28H,3-5,12,17-22H2,1-2H3;1H/q+1;/p-1. The van der Waals surface area contributed by atoms with Crippen LogP contribution in [0.25, 0.3) is 0 Å². The van der Waals surface area contributed by atoms with E-state index in [1.807, 2.05) is 0 Å². The molecule has 2 unspecified atom stereocenters. The number of unbranched alkanes of at least 4 members (excludes halogenated alkanes) is 3. The van der Waals surface area contributed by atoms with Crippen molar-refractivity contribution in [3.05, 3.63) is 71.8 Å². The number of fused-ring (bicyclic) bond motifs is 2. The van der Waals surface area contributed by atoms with Gasteiger partial charge in [-0.2, -0.15) is 5.26 Å². The first-order valence-corrected chi connectivity index (χ1v) is 12.5. The first-order valence-electron chi connectivity index (χ1n) is 12.5. The van der Waals surface area contributed by atoms with Crippen LogP contribution in [-0.2, 0) is 5.41 Å². The number of nitrogens with zero attached hydrogens (tertiary/aromatic N) is 2. The fraction of sp³-hybridized carbons (Fsp3) is 0.552. The molecule has 32 heavy (non-hydrogen) atoms. The lowest BCUT2D eigenvalue weighted by atomic mass is 9.67. The zero-order valence-corrected chi connectivity index (χ0v) is 21.4. The van der Waals surface area contributed by atoms with Crippen molar-refractivity contribution in [1.29, 1.82) is 5.26 Å². The Morgan fingerprint density at radius 2 is 1.41 bits per heavy atom. The van der Waals surface area contributed by atoms with Crippen LogP contribution in [0.4, 0.5) is 0 Å². The van der Waals surface area contributed by atoms with Gasteiger partial charge in [-0.1, -0.05) is 80.4 Å². The molecule has 3 heteroatoms. The molecule has 2 aliphatic heterocycles. The number of hydrogen-bond donors (Lipinski definition) is 0. The lowest BCUT2D eigenvalue weighted by Crippen LogP contribution is -3.00. The second kappa shape index (κ2) is 11.0. The highest BCUT2D eigenvalue weighted by atomic mass is 79.9. The molecule has 2 saturated heterocycles. The predicted octanol–water partition coefficient (Wildman–Crippen LogP) is 3.86. The Kier molecular flexibility index (Phi) is 8.59. The topological polar surface area (TPSA) is 23.8 Å². The first-order chi connectivity index (χ1) is 15.1. The van der Waals surface area contributed by atoms with Gasteiger partial charge in [0.15, 0.2) is 0 Å². The number of hydrogen-bond acceptors (Lipinski definition) is 1. The van der Waals surface area contributed by atoms with Crippen molar-refractivity contribution in [2.24, 2.45) is 5.92 Å². The van der Waals surface area contributed by atoms with Crippen LogP contribution >= 0.6 is 0 Å². The van der Waals surface area contributed by atoms with Crippen molar-refractivity contribution >= 4 is 0 Å². The summed E-state index contributed by atoms with van der Waals surface area (Å²) in [6.07, 6.45) is 11.7. The fourth-order valence-corrected chi connectivity index (χ4v) is 6.72. The van der Waals surface area contributed by atoms with Crippen molar-refractivity contribution in [2.75, 3.05) is 13.6 Å². The molecule has 0 aliphatic carbocycles. The van der Waals surface area contributed by atoms with Crippen molar-refractivity contribution in [3.8, 4) is 6.07 Å². The van der Waals surface area contributed by atoms with Crippen LogP contribution in [0.15, 0.2) is 60.7 Å². The minimum Gasteiger partial charge on any atom is -1.00 e. The molecule has 0 saturated carbocycles. The Bertz CT molecular complexity index is 820. The van der Waals surface area contributed by atoms with Crippen LogP contribution in [0.1, 0.15) is 75.8 Å². The average molecular weight is 496 g/mol. The summed E-state index contributed by atoms with van der Waals surface area (Å²) in [5.74, 6) is 0.624. The van der Waals surface area contributed by atoms with Crippen molar-refractivity contribution in [3.63, 3.8) is 0 Å². The molecule has 0 amide bonds. The van der Waals surface area contributed by atoms with Crippen molar-refractivity contribution < 1.29 is 21.5 Å². The van der Waals surface area contributed by atoms with E-state index in [-0.39, 0.29) is 17.0 Å². The Morgan fingerprint density at radius 1 is 0.875 bits per heavy atom. The van der Waals surface area contributed by atoms with E-state index < -0.39 is 5.41 Å². The highest BCUT2D eigenvalue weighted by Gasteiger charge is 2.52. The van der Waals surface area contributed by atoms with Gasteiger partial charge in [0.25, 0.3) is 0 Å². The third-order valence-corrected chi connectivity index (χ3v) is 8.52. The maximum Gasteiger partial charge on any atom is 0.107 e. The molecule has 0 aromatic heterocycles. The van der Waals surface area contributed by atoms with E-state index in [1.165, 1.54) is 62.4 Å². The fourth-order valence-electron chi connectivity index (χ4n) is 6.72. The zero-order valence-electron chi connectivity index (χ0n) is 19.8. The molecule has 2 fully saturated rings. The van der Waals surface area contributed by atoms with Gasteiger partial charge in [-0.3, -0.25) is 0 Å². The van der Waals surface area contributed by atoms with E-state index in [0.717, 1.165) is 29.6 Å². The third-order valence-electron chi connectivity index (χ3n) is 8.52. The molecule has 0 spiro atoms. The maximum atomic E-state index is 10.6. The van der Waals surface area contributed by atoms with Gasteiger partial charge in [0.1, 0.15) is 5.41 Å². The largest absolute Gasteiger partial charge is 1.00 e. The average Bonchev–Trinajstić information content (AvgIpc) is 2.98. The van der Waals surface area contributed by atoms with Gasteiger partial charge in [-0.25, -0.2) is 0 Å². The number of rotatable bonds is 9. The molecule has 2 heterocycles. The summed E-state index contributed by atoms with van der Waals surface area (Å²) in [6, 6.07) is 25.4. The third kappa shape index (κ3) is 4.82. The lowest BCUT2D eigenvalue weighted by molar-refractivity contribution is -0.949. The van der Waals surface area contributed by atoms with E-state index in [0.29, 0.717) is 5.92 Å². The van der Waals surface area contributed by atoms with Crippen LogP contribution in [0.5, 0.6) is 0 Å². The monoisotopic (exact) mass is 494 g/mol. The van der Waals surface area contributed by atoms with Gasteiger partial charge in [0.2, 0.25) is 0 Å². The zero-order chi connectivity index (χ0) is 21.7. The summed E-state index contributed by atoms with van der Waals surface area (Å²) < 4.78 is 1.30. The van der Waals surface area contributed by atoms with Gasteiger partial charge in [-0.15, -0.1) is 0 Å². The highest BCUT2D eigenvalue weighted by Crippen LogP contribution is 2.48. The molecule has 0 radical (unpaired) electrons. The number of nitriles is 1. The smallest absolute Gasteiger partial charge is 0.107 e. The molecule has 2 aromatic rings. The van der Waals surface area contributed by atoms with E-state index in [9.17, 15) is 5.26 Å². The minimum absolute atomic E-state index is 0. The van der Waals surface area contributed by atoms with Crippen molar-refractivity contribution in [2.45, 2.75) is 82.2 Å². The number of piperidine rings is 1. The minimum atomic E-state index is -0.547. The Morgan fingerprint density at radius 3 is 1.88 bits per heavy atom. The van der Waals surface area contributed by atoms with Gasteiger partial charge in [0.05, 0.1) is 31.7 Å². The molecule has 2 aromatic carbocycles. The van der Waals surface area contributed by atoms with Crippen molar-refractivity contribution in [1.82, 2.24) is 0 Å². The highest BCUT2D eigenvalue weighted by molar-refractivity contribution is 5.45. The maximum absolute atomic E-state index is 10.6. The first kappa shape index (κ1) is 25.0. The Hall–Kier alpha value is -1.63. The van der Waals surface area contributed by atoms with Gasteiger partial charge in [-0.05, 0) is 36.3 Å². The van der Waals surface area contributed by atoms with E-state index in [4.69, 9.17) is 0 Å². The second-order valence-electron chi connectivity index (χ2n) is 10.3. The molecule has 2 aliphatic rings. The summed E-state index contributed by atoms with van der Waals surface area (Å²) in [7, 11) is 2.54. The number of halogens is 1. The van der Waals surface area contributed by atoms with Crippen LogP contribution in [0.3, 0.4) is 0 Å². The number of benzene rings is 2. The van der Waals surface area contributed by atoms with Gasteiger partial charge in [0, 0.05) is 25.7 Å².